The van der Waals surface area contributed by atoms with Crippen LogP contribution in [0.1, 0.15) is 10.4 Å². The summed E-state index contributed by atoms with van der Waals surface area (Å²) in [6.45, 7) is 0. The summed E-state index contributed by atoms with van der Waals surface area (Å²) in [6, 6.07) is 10.9. The van der Waals surface area contributed by atoms with Crippen molar-refractivity contribution in [3.8, 4) is 0 Å². The Morgan fingerprint density at radius 1 is 1.29 bits per heavy atom. The van der Waals surface area contributed by atoms with Crippen LogP contribution in [-0.4, -0.2) is 17.1 Å². The first-order valence-corrected chi connectivity index (χ1v) is 7.51. The number of hydrogen-bond acceptors (Lipinski definition) is 4. The monoisotopic (exact) mass is 322 g/mol. The molecule has 0 aliphatic heterocycles. The van der Waals surface area contributed by atoms with E-state index < -0.39 is 10.8 Å². The number of carbonyl (C=O) groups excluding carboxylic acids is 1. The van der Waals surface area contributed by atoms with Gasteiger partial charge in [0, 0.05) is 22.7 Å². The van der Waals surface area contributed by atoms with E-state index in [-0.39, 0.29) is 5.69 Å². The first-order valence-electron chi connectivity index (χ1n) is 5.90. The Morgan fingerprint density at radius 2 is 2.05 bits per heavy atom. The van der Waals surface area contributed by atoms with Crippen LogP contribution in [0.4, 0.5) is 11.4 Å². The minimum atomic E-state index is -0.517. The quantitative estimate of drug-likeness (QED) is 0.519. The highest BCUT2D eigenvalue weighted by Crippen LogP contribution is 2.24. The molecule has 1 N–H and O–H groups in total. The largest absolute Gasteiger partial charge is 0.322 e. The van der Waals surface area contributed by atoms with Gasteiger partial charge in [0.1, 0.15) is 0 Å². The molecule has 2 aromatic rings. The molecular weight excluding hydrogens is 312 g/mol. The van der Waals surface area contributed by atoms with Crippen molar-refractivity contribution in [2.24, 2.45) is 0 Å². The molecule has 0 fully saturated rings. The SMILES string of the molecule is CSc1ccc(Cl)c(C(=O)Nc2cccc([N+](=O)[O-])c2)c1. The van der Waals surface area contributed by atoms with Crippen LogP contribution in [0.3, 0.4) is 0 Å². The minimum Gasteiger partial charge on any atom is -0.322 e. The van der Waals surface area contributed by atoms with E-state index in [1.54, 1.807) is 18.2 Å². The zero-order valence-electron chi connectivity index (χ0n) is 11.0. The Bertz CT molecular complexity index is 706. The van der Waals surface area contributed by atoms with E-state index in [1.165, 1.54) is 30.0 Å². The second kappa shape index (κ2) is 6.60. The summed E-state index contributed by atoms with van der Waals surface area (Å²) in [5.74, 6) is -0.406. The van der Waals surface area contributed by atoms with E-state index >= 15 is 0 Å². The zero-order valence-corrected chi connectivity index (χ0v) is 12.6. The summed E-state index contributed by atoms with van der Waals surface area (Å²) in [4.78, 5) is 23.3. The number of benzene rings is 2. The zero-order chi connectivity index (χ0) is 15.4. The van der Waals surface area contributed by atoms with Crippen molar-refractivity contribution in [3.63, 3.8) is 0 Å². The third-order valence-corrected chi connectivity index (χ3v) is 3.79. The number of non-ortho nitro benzene ring substituents is 1. The standard InChI is InChI=1S/C14H11ClN2O3S/c1-21-11-5-6-13(15)12(8-11)14(18)16-9-3-2-4-10(7-9)17(19)20/h2-8H,1H3,(H,16,18). The summed E-state index contributed by atoms with van der Waals surface area (Å²) < 4.78 is 0. The number of amides is 1. The van der Waals surface area contributed by atoms with Crippen LogP contribution < -0.4 is 5.32 Å². The molecule has 0 atom stereocenters. The molecule has 7 heteroatoms. The average molecular weight is 323 g/mol. The normalized spacial score (nSPS) is 10.2. The number of anilines is 1. The molecule has 0 aliphatic carbocycles. The van der Waals surface area contributed by atoms with E-state index in [0.29, 0.717) is 16.3 Å². The topological polar surface area (TPSA) is 72.2 Å². The fraction of sp³-hybridized carbons (Fsp3) is 0.0714. The molecule has 0 unspecified atom stereocenters. The van der Waals surface area contributed by atoms with Crippen LogP contribution in [0.2, 0.25) is 5.02 Å². The van der Waals surface area contributed by atoms with E-state index in [2.05, 4.69) is 5.32 Å². The van der Waals surface area contributed by atoms with Gasteiger partial charge in [-0.1, -0.05) is 17.7 Å². The van der Waals surface area contributed by atoms with E-state index in [1.807, 2.05) is 12.3 Å². The number of carbonyl (C=O) groups is 1. The first kappa shape index (κ1) is 15.3. The molecule has 2 aromatic carbocycles. The first-order chi connectivity index (χ1) is 10.0. The smallest absolute Gasteiger partial charge is 0.271 e. The van der Waals surface area contributed by atoms with E-state index in [9.17, 15) is 14.9 Å². The lowest BCUT2D eigenvalue weighted by molar-refractivity contribution is -0.384. The predicted octanol–water partition coefficient (Wildman–Crippen LogP) is 4.22. The van der Waals surface area contributed by atoms with Crippen molar-refractivity contribution in [1.29, 1.82) is 0 Å². The van der Waals surface area contributed by atoms with Crippen molar-refractivity contribution >= 4 is 40.6 Å². The van der Waals surface area contributed by atoms with Crippen molar-refractivity contribution in [2.75, 3.05) is 11.6 Å². The van der Waals surface area contributed by atoms with E-state index in [4.69, 9.17) is 11.6 Å². The average Bonchev–Trinajstić information content (AvgIpc) is 2.48. The summed E-state index contributed by atoms with van der Waals surface area (Å²) in [6.07, 6.45) is 1.89. The van der Waals surface area contributed by atoms with Crippen LogP contribution in [0.5, 0.6) is 0 Å². The number of thioether (sulfide) groups is 1. The molecule has 0 spiro atoms. The molecule has 108 valence electrons. The fourth-order valence-corrected chi connectivity index (χ4v) is 2.34. The molecule has 0 heterocycles. The van der Waals surface area contributed by atoms with Crippen LogP contribution in [0, 0.1) is 10.1 Å². The third kappa shape index (κ3) is 3.74. The van der Waals surface area contributed by atoms with Crippen LogP contribution in [0.25, 0.3) is 0 Å². The van der Waals surface area contributed by atoms with Gasteiger partial charge in [0.05, 0.1) is 15.5 Å². The van der Waals surface area contributed by atoms with Gasteiger partial charge in [0.25, 0.3) is 11.6 Å². The maximum absolute atomic E-state index is 12.2. The summed E-state index contributed by atoms with van der Waals surface area (Å²) in [7, 11) is 0. The maximum atomic E-state index is 12.2. The van der Waals surface area contributed by atoms with Gasteiger partial charge in [-0.15, -0.1) is 11.8 Å². The van der Waals surface area contributed by atoms with Crippen molar-refractivity contribution in [1.82, 2.24) is 0 Å². The number of hydrogen-bond donors (Lipinski definition) is 1. The Morgan fingerprint density at radius 3 is 2.71 bits per heavy atom. The molecule has 0 bridgehead atoms. The minimum absolute atomic E-state index is 0.0863. The molecule has 0 saturated carbocycles. The lowest BCUT2D eigenvalue weighted by Crippen LogP contribution is -2.12. The summed E-state index contributed by atoms with van der Waals surface area (Å²) in [5.41, 5.74) is 0.589. The fourth-order valence-electron chi connectivity index (χ4n) is 1.70. The summed E-state index contributed by atoms with van der Waals surface area (Å²) >= 11 is 7.51. The van der Waals surface area contributed by atoms with Crippen LogP contribution in [0.15, 0.2) is 47.4 Å². The van der Waals surface area contributed by atoms with Gasteiger partial charge in [-0.3, -0.25) is 14.9 Å². The highest BCUT2D eigenvalue weighted by molar-refractivity contribution is 7.98. The molecule has 0 aliphatic rings. The Balaban J connectivity index is 2.25. The highest BCUT2D eigenvalue weighted by Gasteiger charge is 2.13. The van der Waals surface area contributed by atoms with Gasteiger partial charge in [-0.25, -0.2) is 0 Å². The van der Waals surface area contributed by atoms with Gasteiger partial charge in [0.15, 0.2) is 0 Å². The number of rotatable bonds is 4. The highest BCUT2D eigenvalue weighted by atomic mass is 35.5. The van der Waals surface area contributed by atoms with Crippen LogP contribution in [-0.2, 0) is 0 Å². The third-order valence-electron chi connectivity index (χ3n) is 2.73. The second-order valence-corrected chi connectivity index (χ2v) is 5.39. The molecule has 21 heavy (non-hydrogen) atoms. The van der Waals surface area contributed by atoms with Crippen LogP contribution >= 0.6 is 23.4 Å². The lowest BCUT2D eigenvalue weighted by Gasteiger charge is -2.08. The molecule has 5 nitrogen and oxygen atoms in total. The number of nitrogens with one attached hydrogen (secondary N) is 1. The second-order valence-electron chi connectivity index (χ2n) is 4.11. The number of nitro benzene ring substituents is 1. The Kier molecular flexibility index (Phi) is 4.82. The van der Waals surface area contributed by atoms with E-state index in [0.717, 1.165) is 4.90 Å². The Hall–Kier alpha value is -2.05. The summed E-state index contributed by atoms with van der Waals surface area (Å²) in [5, 5.41) is 13.7. The number of halogens is 1. The number of nitro groups is 1. The number of nitrogens with zero attached hydrogens (tertiary/aromatic N) is 1. The molecule has 1 amide bonds. The van der Waals surface area contributed by atoms with Gasteiger partial charge < -0.3 is 5.32 Å². The molecule has 0 aromatic heterocycles. The predicted molar refractivity (Wildman–Crippen MR) is 84.3 cm³/mol. The molecule has 2 rings (SSSR count). The molecule has 0 saturated heterocycles. The molecular formula is C14H11ClN2O3S. The van der Waals surface area contributed by atoms with Crippen molar-refractivity contribution in [3.05, 3.63) is 63.2 Å². The van der Waals surface area contributed by atoms with Gasteiger partial charge in [-0.05, 0) is 30.5 Å². The lowest BCUT2D eigenvalue weighted by atomic mass is 10.2. The Labute approximate surface area is 130 Å². The maximum Gasteiger partial charge on any atom is 0.271 e. The van der Waals surface area contributed by atoms with Gasteiger partial charge in [-0.2, -0.15) is 0 Å². The van der Waals surface area contributed by atoms with Crippen molar-refractivity contribution < 1.29 is 9.72 Å². The van der Waals surface area contributed by atoms with Gasteiger partial charge >= 0.3 is 0 Å². The van der Waals surface area contributed by atoms with Gasteiger partial charge in [0.2, 0.25) is 0 Å². The molecule has 0 radical (unpaired) electrons. The van der Waals surface area contributed by atoms with Crippen molar-refractivity contribution in [2.45, 2.75) is 4.90 Å².